The fourth-order valence-electron chi connectivity index (χ4n) is 2.25. The first kappa shape index (κ1) is 15.2. The minimum Gasteiger partial charge on any atom is -0.486 e. The van der Waals surface area contributed by atoms with Crippen LogP contribution in [0.1, 0.15) is 10.5 Å². The van der Waals surface area contributed by atoms with E-state index in [1.165, 1.54) is 16.8 Å². The molecule has 0 atom stereocenters. The summed E-state index contributed by atoms with van der Waals surface area (Å²) in [6.45, 7) is 0.863. The number of nitrogens with two attached hydrogens (primary N) is 1. The molecule has 2 aromatic rings. The van der Waals surface area contributed by atoms with Crippen LogP contribution < -0.4 is 19.9 Å². The van der Waals surface area contributed by atoms with E-state index >= 15 is 0 Å². The van der Waals surface area contributed by atoms with E-state index in [1.54, 1.807) is 25.2 Å². The van der Waals surface area contributed by atoms with Gasteiger partial charge in [-0.15, -0.1) is 0 Å². The summed E-state index contributed by atoms with van der Waals surface area (Å²) in [5.74, 6) is 0.338. The van der Waals surface area contributed by atoms with Crippen LogP contribution in [0.4, 0.5) is 5.69 Å². The lowest BCUT2D eigenvalue weighted by atomic mass is 10.3. The Morgan fingerprint density at radius 3 is 2.57 bits per heavy atom. The zero-order valence-corrected chi connectivity index (χ0v) is 13.1. The van der Waals surface area contributed by atoms with Gasteiger partial charge in [-0.3, -0.25) is 9.52 Å². The summed E-state index contributed by atoms with van der Waals surface area (Å²) in [7, 11) is -2.31. The monoisotopic (exact) mass is 337 g/mol. The Bertz CT molecular complexity index is 873. The third-order valence-electron chi connectivity index (χ3n) is 3.34. The van der Waals surface area contributed by atoms with Gasteiger partial charge in [0.1, 0.15) is 23.8 Å². The quantitative estimate of drug-likeness (QED) is 0.852. The molecule has 0 unspecified atom stereocenters. The molecule has 1 aromatic heterocycles. The summed E-state index contributed by atoms with van der Waals surface area (Å²) < 4.78 is 39.4. The third kappa shape index (κ3) is 2.95. The summed E-state index contributed by atoms with van der Waals surface area (Å²) in [5, 5.41) is 0. The maximum absolute atomic E-state index is 12.4. The zero-order valence-electron chi connectivity index (χ0n) is 12.3. The van der Waals surface area contributed by atoms with Gasteiger partial charge in [-0.25, -0.2) is 8.42 Å². The van der Waals surface area contributed by atoms with Crippen LogP contribution in [0.2, 0.25) is 0 Å². The number of anilines is 1. The molecule has 0 aliphatic carbocycles. The minimum absolute atomic E-state index is 0.0521. The number of nitrogens with one attached hydrogen (secondary N) is 1. The molecule has 1 amide bonds. The molecule has 0 spiro atoms. The van der Waals surface area contributed by atoms with Gasteiger partial charge in [0.15, 0.2) is 11.5 Å². The van der Waals surface area contributed by atoms with Crippen molar-refractivity contribution in [2.75, 3.05) is 17.9 Å². The fourth-order valence-corrected chi connectivity index (χ4v) is 3.37. The number of carbonyl (C=O) groups is 1. The number of carbonyl (C=O) groups excluding carboxylic acids is 1. The molecule has 0 fully saturated rings. The molecule has 23 heavy (non-hydrogen) atoms. The summed E-state index contributed by atoms with van der Waals surface area (Å²) in [4.78, 5) is 11.2. The number of aromatic nitrogens is 1. The van der Waals surface area contributed by atoms with E-state index in [0.717, 1.165) is 0 Å². The predicted molar refractivity (Wildman–Crippen MR) is 82.2 cm³/mol. The molecule has 1 aliphatic heterocycles. The van der Waals surface area contributed by atoms with Crippen molar-refractivity contribution in [3.63, 3.8) is 0 Å². The topological polar surface area (TPSA) is 113 Å². The van der Waals surface area contributed by atoms with Crippen LogP contribution in [-0.2, 0) is 17.1 Å². The van der Waals surface area contributed by atoms with Crippen molar-refractivity contribution in [3.05, 3.63) is 36.2 Å². The maximum Gasteiger partial charge on any atom is 0.265 e. The molecule has 0 radical (unpaired) electrons. The van der Waals surface area contributed by atoms with Crippen LogP contribution in [0, 0.1) is 0 Å². The number of hydrogen-bond acceptors (Lipinski definition) is 5. The Hall–Kier alpha value is -2.68. The lowest BCUT2D eigenvalue weighted by Gasteiger charge is -2.19. The third-order valence-corrected chi connectivity index (χ3v) is 4.69. The average Bonchev–Trinajstić information content (AvgIpc) is 2.90. The van der Waals surface area contributed by atoms with Crippen LogP contribution in [-0.4, -0.2) is 32.1 Å². The number of ether oxygens (including phenoxy) is 2. The highest BCUT2D eigenvalue weighted by Gasteiger charge is 2.21. The molecule has 1 aromatic carbocycles. The highest BCUT2D eigenvalue weighted by molar-refractivity contribution is 7.92. The molecule has 9 heteroatoms. The van der Waals surface area contributed by atoms with Gasteiger partial charge >= 0.3 is 0 Å². The summed E-state index contributed by atoms with van der Waals surface area (Å²) >= 11 is 0. The number of nitrogens with zero attached hydrogens (tertiary/aromatic N) is 1. The number of benzene rings is 1. The first-order valence-corrected chi connectivity index (χ1v) is 8.24. The molecular weight excluding hydrogens is 322 g/mol. The minimum atomic E-state index is -3.85. The van der Waals surface area contributed by atoms with Crippen LogP contribution in [0.25, 0.3) is 0 Å². The van der Waals surface area contributed by atoms with Gasteiger partial charge in [-0.05, 0) is 18.2 Å². The molecule has 2 heterocycles. The van der Waals surface area contributed by atoms with Crippen molar-refractivity contribution < 1.29 is 22.7 Å². The number of amides is 1. The van der Waals surface area contributed by atoms with Gasteiger partial charge in [-0.2, -0.15) is 0 Å². The summed E-state index contributed by atoms with van der Waals surface area (Å²) in [6, 6.07) is 5.97. The van der Waals surface area contributed by atoms with E-state index < -0.39 is 15.9 Å². The summed E-state index contributed by atoms with van der Waals surface area (Å²) in [5.41, 5.74) is 5.63. The molecule has 0 bridgehead atoms. The second-order valence-electron chi connectivity index (χ2n) is 5.00. The molecule has 0 saturated carbocycles. The largest absolute Gasteiger partial charge is 0.486 e. The van der Waals surface area contributed by atoms with Crippen molar-refractivity contribution in [2.45, 2.75) is 4.90 Å². The average molecular weight is 337 g/mol. The Morgan fingerprint density at radius 2 is 1.91 bits per heavy atom. The SMILES string of the molecule is Cn1cc(S(=O)(=O)Nc2ccc3c(c2)OCCO3)cc1C(N)=O. The second kappa shape index (κ2) is 5.51. The second-order valence-corrected chi connectivity index (χ2v) is 6.68. The lowest BCUT2D eigenvalue weighted by Crippen LogP contribution is -2.16. The molecule has 1 aliphatic rings. The number of sulfonamides is 1. The van der Waals surface area contributed by atoms with Crippen molar-refractivity contribution in [2.24, 2.45) is 12.8 Å². The van der Waals surface area contributed by atoms with Gasteiger partial charge in [0.05, 0.1) is 5.69 Å². The Kier molecular flexibility index (Phi) is 3.64. The highest BCUT2D eigenvalue weighted by atomic mass is 32.2. The number of fused-ring (bicyclic) bond motifs is 1. The van der Waals surface area contributed by atoms with E-state index in [2.05, 4.69) is 4.72 Å². The van der Waals surface area contributed by atoms with Crippen LogP contribution in [0.15, 0.2) is 35.4 Å². The number of aryl methyl sites for hydroxylation is 1. The first-order valence-electron chi connectivity index (χ1n) is 6.75. The van der Waals surface area contributed by atoms with Crippen LogP contribution in [0.3, 0.4) is 0 Å². The van der Waals surface area contributed by atoms with Crippen LogP contribution in [0.5, 0.6) is 11.5 Å². The molecular formula is C14H15N3O5S. The fraction of sp³-hybridized carbons (Fsp3) is 0.214. The number of hydrogen-bond donors (Lipinski definition) is 2. The van der Waals surface area contributed by atoms with Gasteiger partial charge in [0.25, 0.3) is 15.9 Å². The molecule has 0 saturated heterocycles. The van der Waals surface area contributed by atoms with E-state index in [-0.39, 0.29) is 10.6 Å². The normalized spacial score (nSPS) is 13.6. The van der Waals surface area contributed by atoms with E-state index in [4.69, 9.17) is 15.2 Å². The van der Waals surface area contributed by atoms with Crippen molar-refractivity contribution in [3.8, 4) is 11.5 Å². The van der Waals surface area contributed by atoms with Crippen molar-refractivity contribution in [1.29, 1.82) is 0 Å². The first-order chi connectivity index (χ1) is 10.9. The zero-order chi connectivity index (χ0) is 16.6. The van der Waals surface area contributed by atoms with Crippen molar-refractivity contribution in [1.82, 2.24) is 4.57 Å². The van der Waals surface area contributed by atoms with Crippen LogP contribution >= 0.6 is 0 Å². The van der Waals surface area contributed by atoms with E-state index in [1.807, 2.05) is 0 Å². The molecule has 8 nitrogen and oxygen atoms in total. The highest BCUT2D eigenvalue weighted by Crippen LogP contribution is 2.33. The smallest absolute Gasteiger partial charge is 0.265 e. The van der Waals surface area contributed by atoms with E-state index in [9.17, 15) is 13.2 Å². The Labute approximate surface area is 132 Å². The Morgan fingerprint density at radius 1 is 1.22 bits per heavy atom. The van der Waals surface area contributed by atoms with Gasteiger partial charge < -0.3 is 19.8 Å². The maximum atomic E-state index is 12.4. The van der Waals surface area contributed by atoms with E-state index in [0.29, 0.717) is 30.4 Å². The van der Waals surface area contributed by atoms with Gasteiger partial charge in [-0.1, -0.05) is 0 Å². The standard InChI is InChI=1S/C14H15N3O5S/c1-17-8-10(7-11(17)14(15)18)23(19,20)16-9-2-3-12-13(6-9)22-5-4-21-12/h2-3,6-8,16H,4-5H2,1H3,(H2,15,18). The Balaban J connectivity index is 1.89. The summed E-state index contributed by atoms with van der Waals surface area (Å²) in [6.07, 6.45) is 1.32. The van der Waals surface area contributed by atoms with Gasteiger partial charge in [0.2, 0.25) is 0 Å². The molecule has 3 N–H and O–H groups in total. The number of rotatable bonds is 4. The molecule has 3 rings (SSSR count). The lowest BCUT2D eigenvalue weighted by molar-refractivity contribution is 0.0992. The number of primary amides is 1. The predicted octanol–water partition coefficient (Wildman–Crippen LogP) is 0.696. The van der Waals surface area contributed by atoms with Gasteiger partial charge in [0, 0.05) is 19.3 Å². The van der Waals surface area contributed by atoms with Crippen molar-refractivity contribution >= 4 is 21.6 Å². The molecule has 122 valence electrons.